The molecule has 9 heteroatoms. The number of esters is 1. The van der Waals surface area contributed by atoms with E-state index in [-0.39, 0.29) is 23.8 Å². The second kappa shape index (κ2) is 12.2. The summed E-state index contributed by atoms with van der Waals surface area (Å²) in [7, 11) is 1.54. The van der Waals surface area contributed by atoms with Crippen LogP contribution < -0.4 is 14.8 Å². The van der Waals surface area contributed by atoms with Crippen molar-refractivity contribution in [1.82, 2.24) is 5.32 Å². The number of benzene rings is 2. The van der Waals surface area contributed by atoms with E-state index in [0.717, 1.165) is 0 Å². The summed E-state index contributed by atoms with van der Waals surface area (Å²) in [5.74, 6) is 0.00793. The molecule has 0 radical (unpaired) electrons. The number of methoxy groups -OCH3 is 1. The van der Waals surface area contributed by atoms with Gasteiger partial charge in [-0.25, -0.2) is 0 Å². The van der Waals surface area contributed by atoms with Gasteiger partial charge in [0.25, 0.3) is 5.69 Å². The lowest BCUT2D eigenvalue weighted by Gasteiger charge is -2.18. The molecule has 1 N–H and O–H groups in total. The number of carbonyl (C=O) groups is 2. The molecule has 2 aromatic carbocycles. The first-order chi connectivity index (χ1) is 15.7. The lowest BCUT2D eigenvalue weighted by Crippen LogP contribution is -2.30. The minimum absolute atomic E-state index is 0.194. The normalized spacial score (nSPS) is 11.8. The van der Waals surface area contributed by atoms with Crippen LogP contribution in [-0.2, 0) is 14.3 Å². The van der Waals surface area contributed by atoms with Crippen LogP contribution in [0.1, 0.15) is 44.4 Å². The Hall–Kier alpha value is -3.88. The number of nitrogens with zero attached hydrogens (tertiary/aromatic N) is 1. The molecule has 0 aliphatic rings. The Balaban J connectivity index is 2.25. The molecule has 2 aromatic rings. The molecular weight excluding hydrogens is 428 g/mol. The maximum atomic E-state index is 12.6. The highest BCUT2D eigenvalue weighted by atomic mass is 16.6. The number of carbonyl (C=O) groups excluding carboxylic acids is 2. The zero-order valence-electron chi connectivity index (χ0n) is 19.1. The maximum Gasteiger partial charge on any atom is 0.308 e. The van der Waals surface area contributed by atoms with Gasteiger partial charge in [0.1, 0.15) is 0 Å². The monoisotopic (exact) mass is 456 g/mol. The molecule has 0 saturated carbocycles. The summed E-state index contributed by atoms with van der Waals surface area (Å²) in [6.07, 6.45) is 2.25. The Morgan fingerprint density at radius 1 is 1.15 bits per heavy atom. The van der Waals surface area contributed by atoms with Crippen molar-refractivity contribution in [2.45, 2.75) is 39.3 Å². The number of hydrogen-bond acceptors (Lipinski definition) is 7. The van der Waals surface area contributed by atoms with Crippen molar-refractivity contribution < 1.29 is 28.7 Å². The number of nitrogens with one attached hydrogen (secondary N) is 1. The van der Waals surface area contributed by atoms with E-state index in [1.54, 1.807) is 44.2 Å². The number of rotatable bonds is 11. The summed E-state index contributed by atoms with van der Waals surface area (Å²) < 4.78 is 15.9. The molecule has 0 aliphatic carbocycles. The van der Waals surface area contributed by atoms with Gasteiger partial charge in [0.05, 0.1) is 42.8 Å². The van der Waals surface area contributed by atoms with E-state index in [1.807, 2.05) is 6.92 Å². The highest BCUT2D eigenvalue weighted by Gasteiger charge is 2.26. The maximum absolute atomic E-state index is 12.6. The van der Waals surface area contributed by atoms with Gasteiger partial charge in [-0.1, -0.05) is 24.3 Å². The minimum Gasteiger partial charge on any atom is -0.493 e. The van der Waals surface area contributed by atoms with Crippen LogP contribution in [0, 0.1) is 10.1 Å². The fraction of sp³-hybridized carbons (Fsp3) is 0.333. The molecular formula is C24H28N2O7. The Labute approximate surface area is 192 Å². The van der Waals surface area contributed by atoms with Crippen molar-refractivity contribution in [3.63, 3.8) is 0 Å². The second-order valence-corrected chi connectivity index (χ2v) is 7.30. The van der Waals surface area contributed by atoms with E-state index in [9.17, 15) is 19.7 Å². The third-order valence-corrected chi connectivity index (χ3v) is 4.48. The number of ether oxygens (including phenoxy) is 3. The van der Waals surface area contributed by atoms with Crippen LogP contribution in [0.4, 0.5) is 5.69 Å². The van der Waals surface area contributed by atoms with Gasteiger partial charge in [0.2, 0.25) is 5.91 Å². The summed E-state index contributed by atoms with van der Waals surface area (Å²) >= 11 is 0. The number of para-hydroxylation sites is 1. The van der Waals surface area contributed by atoms with Crippen LogP contribution in [0.15, 0.2) is 48.5 Å². The van der Waals surface area contributed by atoms with E-state index in [2.05, 4.69) is 5.32 Å². The van der Waals surface area contributed by atoms with E-state index in [4.69, 9.17) is 14.2 Å². The van der Waals surface area contributed by atoms with Crippen molar-refractivity contribution in [3.8, 4) is 11.5 Å². The number of nitro benzene ring substituents is 1. The fourth-order valence-corrected chi connectivity index (χ4v) is 3.12. The summed E-state index contributed by atoms with van der Waals surface area (Å²) in [6, 6.07) is 10.2. The summed E-state index contributed by atoms with van der Waals surface area (Å²) in [6.45, 7) is 5.70. The Bertz CT molecular complexity index is 1020. The van der Waals surface area contributed by atoms with Crippen molar-refractivity contribution in [2.75, 3.05) is 13.7 Å². The number of hydrogen-bond donors (Lipinski definition) is 1. The second-order valence-electron chi connectivity index (χ2n) is 7.30. The van der Waals surface area contributed by atoms with Crippen LogP contribution in [0.2, 0.25) is 0 Å². The molecule has 33 heavy (non-hydrogen) atoms. The number of nitro groups is 1. The van der Waals surface area contributed by atoms with E-state index in [0.29, 0.717) is 23.7 Å². The lowest BCUT2D eigenvalue weighted by atomic mass is 10.0. The molecule has 0 aliphatic heterocycles. The fourth-order valence-electron chi connectivity index (χ4n) is 3.12. The van der Waals surface area contributed by atoms with Gasteiger partial charge in [-0.3, -0.25) is 19.7 Å². The Morgan fingerprint density at radius 3 is 2.52 bits per heavy atom. The first-order valence-electron chi connectivity index (χ1n) is 10.5. The highest BCUT2D eigenvalue weighted by molar-refractivity contribution is 5.92. The summed E-state index contributed by atoms with van der Waals surface area (Å²) in [5, 5.41) is 14.1. The van der Waals surface area contributed by atoms with Gasteiger partial charge < -0.3 is 19.5 Å². The average molecular weight is 456 g/mol. The zero-order chi connectivity index (χ0) is 24.4. The highest BCUT2D eigenvalue weighted by Crippen LogP contribution is 2.29. The first kappa shape index (κ1) is 25.4. The van der Waals surface area contributed by atoms with E-state index >= 15 is 0 Å². The van der Waals surface area contributed by atoms with Crippen molar-refractivity contribution in [1.29, 1.82) is 0 Å². The average Bonchev–Trinajstić information content (AvgIpc) is 2.77. The predicted molar refractivity (Wildman–Crippen MR) is 123 cm³/mol. The quantitative estimate of drug-likeness (QED) is 0.233. The van der Waals surface area contributed by atoms with Gasteiger partial charge in [0, 0.05) is 12.1 Å². The van der Waals surface area contributed by atoms with Crippen LogP contribution in [0.25, 0.3) is 6.08 Å². The smallest absolute Gasteiger partial charge is 0.308 e. The molecule has 9 nitrogen and oxygen atoms in total. The van der Waals surface area contributed by atoms with Crippen molar-refractivity contribution >= 4 is 23.6 Å². The van der Waals surface area contributed by atoms with Gasteiger partial charge in [0.15, 0.2) is 11.5 Å². The molecule has 0 heterocycles. The van der Waals surface area contributed by atoms with E-state index in [1.165, 1.54) is 31.4 Å². The molecule has 0 fully saturated rings. The van der Waals surface area contributed by atoms with Gasteiger partial charge in [-0.05, 0) is 44.5 Å². The van der Waals surface area contributed by atoms with Crippen LogP contribution in [0.5, 0.6) is 11.5 Å². The molecule has 0 spiro atoms. The third-order valence-electron chi connectivity index (χ3n) is 4.48. The molecule has 1 unspecified atom stereocenters. The first-order valence-corrected chi connectivity index (χ1v) is 10.5. The Kier molecular flexibility index (Phi) is 9.41. The standard InChI is InChI=1S/C24H28N2O7/c1-5-32-22-14-17(10-12-21(22)31-4)11-13-23(27)25-19(15-24(28)33-16(2)3)18-8-6-7-9-20(18)26(29)30/h6-14,16,19H,5,15H2,1-4H3,(H,25,27)/b13-11+. The third kappa shape index (κ3) is 7.64. The molecule has 1 amide bonds. The lowest BCUT2D eigenvalue weighted by molar-refractivity contribution is -0.385. The number of amides is 1. The topological polar surface area (TPSA) is 117 Å². The summed E-state index contributed by atoms with van der Waals surface area (Å²) in [4.78, 5) is 35.8. The van der Waals surface area contributed by atoms with Crippen molar-refractivity contribution in [2.24, 2.45) is 0 Å². The molecule has 0 aromatic heterocycles. The molecule has 2 rings (SSSR count). The van der Waals surface area contributed by atoms with Crippen LogP contribution in [-0.4, -0.2) is 36.6 Å². The van der Waals surface area contributed by atoms with Gasteiger partial charge in [-0.15, -0.1) is 0 Å². The van der Waals surface area contributed by atoms with Gasteiger partial charge in [-0.2, -0.15) is 0 Å². The SMILES string of the molecule is CCOc1cc(/C=C/C(=O)NC(CC(=O)OC(C)C)c2ccccc2[N+](=O)[O-])ccc1OC. The molecule has 0 bridgehead atoms. The summed E-state index contributed by atoms with van der Waals surface area (Å²) in [5.41, 5.74) is 0.713. The van der Waals surface area contributed by atoms with E-state index < -0.39 is 22.8 Å². The molecule has 176 valence electrons. The van der Waals surface area contributed by atoms with Gasteiger partial charge >= 0.3 is 5.97 Å². The molecule has 1 atom stereocenters. The Morgan fingerprint density at radius 2 is 1.88 bits per heavy atom. The molecule has 0 saturated heterocycles. The zero-order valence-corrected chi connectivity index (χ0v) is 19.1. The van der Waals surface area contributed by atoms with Crippen molar-refractivity contribution in [3.05, 3.63) is 69.8 Å². The predicted octanol–water partition coefficient (Wildman–Crippen LogP) is 4.21. The minimum atomic E-state index is -0.940. The van der Waals surface area contributed by atoms with Crippen LogP contribution in [0.3, 0.4) is 0 Å². The largest absolute Gasteiger partial charge is 0.493 e. The van der Waals surface area contributed by atoms with Crippen LogP contribution >= 0.6 is 0 Å².